The molecule has 0 saturated heterocycles. The Morgan fingerprint density at radius 3 is 2.19 bits per heavy atom. The van der Waals surface area contributed by atoms with E-state index in [1.807, 2.05) is 0 Å². The maximum Gasteiger partial charge on any atom is 0.0257 e. The lowest BCUT2D eigenvalue weighted by Gasteiger charge is -2.29. The number of hydrogen-bond donors (Lipinski definition) is 0. The molecule has 6 aromatic carbocycles. The molecule has 0 saturated carbocycles. The molecular formula is C40H28Br2. The van der Waals surface area contributed by atoms with Gasteiger partial charge in [0.15, 0.2) is 0 Å². The molecule has 9 rings (SSSR count). The Kier molecular flexibility index (Phi) is 4.85. The van der Waals surface area contributed by atoms with Crippen LogP contribution in [0.25, 0.3) is 60.1 Å². The SMILES string of the molecule is CC1(C)C=C(Br)c2c(c3c(c4c5c(ccc24)=c2c(ccc4ccccc24)=C5)-c2c(cc(Br)c4ccccc24)C3(C)C)=C1. The summed E-state index contributed by atoms with van der Waals surface area (Å²) in [5.74, 6) is 0. The maximum atomic E-state index is 4.08. The van der Waals surface area contributed by atoms with Gasteiger partial charge in [-0.1, -0.05) is 145 Å². The molecular weight excluding hydrogens is 640 g/mol. The van der Waals surface area contributed by atoms with Gasteiger partial charge in [0.25, 0.3) is 0 Å². The van der Waals surface area contributed by atoms with Crippen LogP contribution in [-0.2, 0) is 5.41 Å². The van der Waals surface area contributed by atoms with E-state index in [0.717, 1.165) is 4.47 Å². The van der Waals surface area contributed by atoms with E-state index in [4.69, 9.17) is 0 Å². The van der Waals surface area contributed by atoms with Gasteiger partial charge < -0.3 is 0 Å². The zero-order chi connectivity index (χ0) is 28.7. The van der Waals surface area contributed by atoms with Crippen LogP contribution in [0.4, 0.5) is 0 Å². The first-order valence-electron chi connectivity index (χ1n) is 14.7. The Morgan fingerprint density at radius 2 is 1.38 bits per heavy atom. The largest absolute Gasteiger partial charge is 0.0668 e. The van der Waals surface area contributed by atoms with Gasteiger partial charge in [-0.05, 0) is 93.2 Å². The monoisotopic (exact) mass is 666 g/mol. The van der Waals surface area contributed by atoms with Gasteiger partial charge in [0, 0.05) is 25.3 Å². The van der Waals surface area contributed by atoms with Gasteiger partial charge >= 0.3 is 0 Å². The van der Waals surface area contributed by atoms with E-state index in [1.54, 1.807) is 0 Å². The molecule has 3 aliphatic carbocycles. The predicted octanol–water partition coefficient (Wildman–Crippen LogP) is 10.2. The fraction of sp³-hybridized carbons (Fsp3) is 0.150. The minimum atomic E-state index is -0.173. The van der Waals surface area contributed by atoms with Crippen LogP contribution < -0.4 is 10.4 Å². The van der Waals surface area contributed by atoms with Gasteiger partial charge in [-0.3, -0.25) is 0 Å². The zero-order valence-corrected chi connectivity index (χ0v) is 27.2. The van der Waals surface area contributed by atoms with Gasteiger partial charge in [-0.15, -0.1) is 0 Å². The topological polar surface area (TPSA) is 0 Å². The Bertz CT molecular complexity index is 2530. The summed E-state index contributed by atoms with van der Waals surface area (Å²) in [6.45, 7) is 9.47. The molecule has 0 atom stereocenters. The molecule has 2 heteroatoms. The summed E-state index contributed by atoms with van der Waals surface area (Å²) in [5.41, 5.74) is 8.08. The highest BCUT2D eigenvalue weighted by Crippen LogP contribution is 2.56. The molecule has 0 unspecified atom stereocenters. The maximum absolute atomic E-state index is 4.08. The van der Waals surface area contributed by atoms with Gasteiger partial charge in [-0.25, -0.2) is 0 Å². The first-order valence-corrected chi connectivity index (χ1v) is 16.2. The van der Waals surface area contributed by atoms with Crippen LogP contribution in [0.2, 0.25) is 0 Å². The molecule has 6 aromatic rings. The summed E-state index contributed by atoms with van der Waals surface area (Å²) >= 11 is 8.04. The van der Waals surface area contributed by atoms with Crippen molar-refractivity contribution < 1.29 is 0 Å². The molecule has 0 N–H and O–H groups in total. The molecule has 0 aromatic heterocycles. The van der Waals surface area contributed by atoms with E-state index in [0.29, 0.717) is 0 Å². The Balaban J connectivity index is 1.61. The molecule has 0 aliphatic heterocycles. The summed E-state index contributed by atoms with van der Waals surface area (Å²) in [5, 5.41) is 13.3. The molecule has 0 heterocycles. The zero-order valence-electron chi connectivity index (χ0n) is 24.0. The highest BCUT2D eigenvalue weighted by atomic mass is 79.9. The molecule has 0 amide bonds. The number of benzene rings is 6. The van der Waals surface area contributed by atoms with Crippen molar-refractivity contribution in [2.75, 3.05) is 0 Å². The number of allylic oxidation sites excluding steroid dienone is 1. The molecule has 0 spiro atoms. The second kappa shape index (κ2) is 8.13. The minimum Gasteiger partial charge on any atom is -0.0668 e. The second-order valence-electron chi connectivity index (χ2n) is 13.3. The van der Waals surface area contributed by atoms with Crippen LogP contribution in [-0.4, -0.2) is 0 Å². The number of halogens is 2. The van der Waals surface area contributed by atoms with E-state index >= 15 is 0 Å². The summed E-state index contributed by atoms with van der Waals surface area (Å²) in [6.07, 6.45) is 7.34. The van der Waals surface area contributed by atoms with Crippen molar-refractivity contribution in [1.29, 1.82) is 0 Å². The van der Waals surface area contributed by atoms with Crippen molar-refractivity contribution in [1.82, 2.24) is 0 Å². The first-order chi connectivity index (χ1) is 20.2. The van der Waals surface area contributed by atoms with Crippen LogP contribution in [0.5, 0.6) is 0 Å². The van der Waals surface area contributed by atoms with Crippen molar-refractivity contribution in [3.8, 4) is 11.1 Å². The highest BCUT2D eigenvalue weighted by Gasteiger charge is 2.41. The van der Waals surface area contributed by atoms with Crippen LogP contribution in [0.3, 0.4) is 0 Å². The number of fused-ring (bicyclic) bond motifs is 15. The highest BCUT2D eigenvalue weighted by molar-refractivity contribution is 9.15. The lowest BCUT2D eigenvalue weighted by atomic mass is 9.75. The lowest BCUT2D eigenvalue weighted by molar-refractivity contribution is 0.643. The second-order valence-corrected chi connectivity index (χ2v) is 15.0. The average Bonchev–Trinajstić information content (AvgIpc) is 3.45. The third-order valence-electron chi connectivity index (χ3n) is 9.88. The van der Waals surface area contributed by atoms with Gasteiger partial charge in [0.2, 0.25) is 0 Å². The van der Waals surface area contributed by atoms with E-state index in [2.05, 4.69) is 157 Å². The average molecular weight is 668 g/mol. The van der Waals surface area contributed by atoms with Crippen molar-refractivity contribution in [2.24, 2.45) is 5.41 Å². The molecule has 0 nitrogen and oxygen atoms in total. The fourth-order valence-electron chi connectivity index (χ4n) is 8.20. The predicted molar refractivity (Wildman–Crippen MR) is 186 cm³/mol. The Hall–Kier alpha value is -3.46. The Morgan fingerprint density at radius 1 is 0.643 bits per heavy atom. The fourth-order valence-corrected chi connectivity index (χ4v) is 9.79. The first kappa shape index (κ1) is 25.1. The molecule has 0 fully saturated rings. The third kappa shape index (κ3) is 3.07. The van der Waals surface area contributed by atoms with Crippen molar-refractivity contribution in [3.63, 3.8) is 0 Å². The molecule has 42 heavy (non-hydrogen) atoms. The third-order valence-corrected chi connectivity index (χ3v) is 11.2. The molecule has 202 valence electrons. The van der Waals surface area contributed by atoms with Crippen molar-refractivity contribution in [3.05, 3.63) is 133 Å². The van der Waals surface area contributed by atoms with Crippen LogP contribution in [0.1, 0.15) is 49.9 Å². The summed E-state index contributed by atoms with van der Waals surface area (Å²) in [4.78, 5) is 0. The van der Waals surface area contributed by atoms with Crippen LogP contribution in [0, 0.1) is 15.9 Å². The summed E-state index contributed by atoms with van der Waals surface area (Å²) in [6, 6.07) is 29.4. The van der Waals surface area contributed by atoms with Crippen molar-refractivity contribution in [2.45, 2.75) is 33.1 Å². The standard InChI is InChI=1S/C40H28Br2/c1-39(2)19-29-34(32(42)20-39)27-16-15-26-28(17-22-14-13-21-9-5-6-10-23(21)33(22)26)35(27)37-36-25-12-8-7-11-24(25)31(41)18-30(36)40(3,4)38(29)37/h5-20H,1-4H3. The van der Waals surface area contributed by atoms with Crippen LogP contribution >= 0.6 is 31.9 Å². The minimum absolute atomic E-state index is 0.0568. The van der Waals surface area contributed by atoms with E-state index in [-0.39, 0.29) is 10.8 Å². The quantitative estimate of drug-likeness (QED) is 0.151. The summed E-state index contributed by atoms with van der Waals surface area (Å²) < 4.78 is 2.36. The smallest absolute Gasteiger partial charge is 0.0257 e. The van der Waals surface area contributed by atoms with Crippen LogP contribution in [0.15, 0.2) is 89.4 Å². The molecule has 0 radical (unpaired) electrons. The van der Waals surface area contributed by atoms with Gasteiger partial charge in [-0.2, -0.15) is 0 Å². The van der Waals surface area contributed by atoms with E-state index in [1.165, 1.54) is 91.1 Å². The van der Waals surface area contributed by atoms with Gasteiger partial charge in [0.05, 0.1) is 0 Å². The van der Waals surface area contributed by atoms with Crippen molar-refractivity contribution >= 4 is 80.8 Å². The number of rotatable bonds is 0. The number of hydrogen-bond acceptors (Lipinski definition) is 0. The molecule has 0 bridgehead atoms. The summed E-state index contributed by atoms with van der Waals surface area (Å²) in [7, 11) is 0. The lowest BCUT2D eigenvalue weighted by Crippen LogP contribution is -2.30. The van der Waals surface area contributed by atoms with E-state index < -0.39 is 0 Å². The molecule has 3 aliphatic rings. The Labute approximate surface area is 261 Å². The normalized spacial score (nSPS) is 16.8. The van der Waals surface area contributed by atoms with Gasteiger partial charge in [0.1, 0.15) is 0 Å². The van der Waals surface area contributed by atoms with E-state index in [9.17, 15) is 0 Å².